The number of ether oxygens (including phenoxy) is 2. The van der Waals surface area contributed by atoms with Crippen LogP contribution in [0.3, 0.4) is 0 Å². The highest BCUT2D eigenvalue weighted by atomic mass is 31.2. The van der Waals surface area contributed by atoms with Crippen molar-refractivity contribution in [2.75, 3.05) is 20.8 Å². The summed E-state index contributed by atoms with van der Waals surface area (Å²) in [4.78, 5) is 41.3. The molecule has 1 saturated heterocycles. The first kappa shape index (κ1) is 27.3. The number of aromatic amines is 1. The highest BCUT2D eigenvalue weighted by molar-refractivity contribution is 7.51. The van der Waals surface area contributed by atoms with E-state index in [0.717, 1.165) is 12.7 Å². The van der Waals surface area contributed by atoms with Crippen LogP contribution in [0.4, 0.5) is 0 Å². The summed E-state index contributed by atoms with van der Waals surface area (Å²) in [7, 11) is -1.70. The van der Waals surface area contributed by atoms with E-state index in [9.17, 15) is 18.9 Å². The molecule has 36 heavy (non-hydrogen) atoms. The molecule has 1 aliphatic rings. The van der Waals surface area contributed by atoms with Crippen LogP contribution in [-0.2, 0) is 34.3 Å². The molecule has 1 aromatic carbocycles. The van der Waals surface area contributed by atoms with Crippen LogP contribution in [0.5, 0.6) is 0 Å². The minimum atomic E-state index is -4.06. The molecule has 14 nitrogen and oxygen atoms in total. The largest absolute Gasteiger partial charge is 0.468 e. The minimum Gasteiger partial charge on any atom is -0.468 e. The summed E-state index contributed by atoms with van der Waals surface area (Å²) in [5.41, 5.74) is 8.82. The standard InChI is InChI=1S/C21H27N6O8P/c1-13-11-27(21(30)23-19(13)28)18-10-15(24-26-22)17(35-18)12-34-36(31,33-3)25-16(20(29)32-2)9-14-7-5-4-6-8-14/h4-8,11,15-18H,9-10,12H2,1-3H3,(H,25,31)(H,23,28,30). The number of nitrogens with zero attached hydrogens (tertiary/aromatic N) is 4. The Balaban J connectivity index is 1.74. The number of azide groups is 1. The van der Waals surface area contributed by atoms with E-state index in [2.05, 4.69) is 20.1 Å². The lowest BCUT2D eigenvalue weighted by Gasteiger charge is -2.24. The third-order valence-corrected chi connectivity index (χ3v) is 7.19. The lowest BCUT2D eigenvalue weighted by atomic mass is 10.1. The molecule has 0 radical (unpaired) electrons. The highest BCUT2D eigenvalue weighted by Gasteiger charge is 2.39. The number of hydrogen-bond acceptors (Lipinski definition) is 9. The van der Waals surface area contributed by atoms with Crippen molar-refractivity contribution in [2.24, 2.45) is 5.11 Å². The Morgan fingerprint density at radius 3 is 2.72 bits per heavy atom. The van der Waals surface area contributed by atoms with Gasteiger partial charge in [0.15, 0.2) is 0 Å². The molecule has 1 aromatic heterocycles. The Labute approximate surface area is 205 Å². The maximum Gasteiger partial charge on any atom is 0.406 e. The molecule has 15 heteroatoms. The second-order valence-corrected chi connectivity index (χ2v) is 9.86. The van der Waals surface area contributed by atoms with Gasteiger partial charge in [0.2, 0.25) is 0 Å². The van der Waals surface area contributed by atoms with Gasteiger partial charge in [-0.3, -0.25) is 23.7 Å². The van der Waals surface area contributed by atoms with Crippen LogP contribution in [0.25, 0.3) is 10.4 Å². The van der Waals surface area contributed by atoms with Crippen LogP contribution in [-0.4, -0.2) is 54.5 Å². The van der Waals surface area contributed by atoms with Crippen LogP contribution in [0.1, 0.15) is 23.8 Å². The minimum absolute atomic E-state index is 0.104. The van der Waals surface area contributed by atoms with Gasteiger partial charge in [0.1, 0.15) is 12.3 Å². The van der Waals surface area contributed by atoms with E-state index in [1.165, 1.54) is 24.8 Å². The van der Waals surface area contributed by atoms with E-state index in [1.54, 1.807) is 24.3 Å². The smallest absolute Gasteiger partial charge is 0.406 e. The van der Waals surface area contributed by atoms with Gasteiger partial charge >= 0.3 is 19.4 Å². The number of hydrogen-bond donors (Lipinski definition) is 2. The first-order chi connectivity index (χ1) is 17.2. The zero-order chi connectivity index (χ0) is 26.3. The Bertz CT molecular complexity index is 1280. The maximum absolute atomic E-state index is 13.3. The molecule has 3 rings (SSSR count). The fraction of sp³-hybridized carbons (Fsp3) is 0.476. The van der Waals surface area contributed by atoms with Gasteiger partial charge in [0.25, 0.3) is 5.56 Å². The number of rotatable bonds is 11. The SMILES string of the molecule is COC(=O)C(Cc1ccccc1)NP(=O)(OC)OCC1OC(n2cc(C)c(=O)[nH]c2=O)CC1N=[N+]=[N-]. The average Bonchev–Trinajstić information content (AvgIpc) is 3.27. The van der Waals surface area contributed by atoms with Crippen molar-refractivity contribution in [1.29, 1.82) is 0 Å². The van der Waals surface area contributed by atoms with Crippen LogP contribution in [0.2, 0.25) is 0 Å². The zero-order valence-electron chi connectivity index (χ0n) is 19.9. The van der Waals surface area contributed by atoms with Crippen molar-refractivity contribution in [3.8, 4) is 0 Å². The molecule has 0 saturated carbocycles. The fourth-order valence-corrected chi connectivity index (χ4v) is 4.91. The average molecular weight is 522 g/mol. The third kappa shape index (κ3) is 6.70. The van der Waals surface area contributed by atoms with Crippen LogP contribution in [0, 0.1) is 6.92 Å². The lowest BCUT2D eigenvalue weighted by molar-refractivity contribution is -0.142. The number of benzene rings is 1. The van der Waals surface area contributed by atoms with Gasteiger partial charge in [-0.2, -0.15) is 0 Å². The second-order valence-electron chi connectivity index (χ2n) is 7.99. The molecular formula is C21H27N6O8P. The molecule has 1 fully saturated rings. The monoisotopic (exact) mass is 522 g/mol. The van der Waals surface area contributed by atoms with Crippen molar-refractivity contribution in [2.45, 2.75) is 44.2 Å². The Morgan fingerprint density at radius 2 is 2.08 bits per heavy atom. The van der Waals surface area contributed by atoms with Crippen molar-refractivity contribution >= 4 is 13.7 Å². The fourth-order valence-electron chi connectivity index (χ4n) is 3.70. The van der Waals surface area contributed by atoms with Crippen molar-refractivity contribution in [3.05, 3.63) is 78.9 Å². The predicted molar refractivity (Wildman–Crippen MR) is 127 cm³/mol. The summed E-state index contributed by atoms with van der Waals surface area (Å²) >= 11 is 0. The lowest BCUT2D eigenvalue weighted by Crippen LogP contribution is -2.39. The van der Waals surface area contributed by atoms with Gasteiger partial charge in [0.05, 0.1) is 25.9 Å². The molecule has 2 heterocycles. The van der Waals surface area contributed by atoms with Crippen LogP contribution < -0.4 is 16.3 Å². The van der Waals surface area contributed by atoms with Crippen molar-refractivity contribution in [3.63, 3.8) is 0 Å². The Morgan fingerprint density at radius 1 is 1.36 bits per heavy atom. The number of nitrogens with one attached hydrogen (secondary N) is 2. The zero-order valence-corrected chi connectivity index (χ0v) is 20.8. The van der Waals surface area contributed by atoms with Crippen molar-refractivity contribution in [1.82, 2.24) is 14.6 Å². The summed E-state index contributed by atoms with van der Waals surface area (Å²) in [5.74, 6) is -0.670. The van der Waals surface area contributed by atoms with Gasteiger partial charge in [-0.25, -0.2) is 14.4 Å². The molecule has 5 atom stereocenters. The number of esters is 1. The van der Waals surface area contributed by atoms with Gasteiger partial charge in [-0.05, 0) is 24.4 Å². The van der Waals surface area contributed by atoms with Crippen molar-refractivity contribution < 1.29 is 27.9 Å². The van der Waals surface area contributed by atoms with Gasteiger partial charge in [-0.15, -0.1) is 0 Å². The van der Waals surface area contributed by atoms with E-state index in [1.807, 2.05) is 6.07 Å². The molecule has 0 amide bonds. The topological polar surface area (TPSA) is 187 Å². The highest BCUT2D eigenvalue weighted by Crippen LogP contribution is 2.45. The predicted octanol–water partition coefficient (Wildman–Crippen LogP) is 1.96. The number of aromatic nitrogens is 2. The van der Waals surface area contributed by atoms with E-state index in [0.29, 0.717) is 5.56 Å². The Kier molecular flexibility index (Phi) is 9.21. The normalized spacial score (nSPS) is 21.8. The molecule has 0 spiro atoms. The molecule has 2 N–H and O–H groups in total. The second kappa shape index (κ2) is 12.1. The maximum atomic E-state index is 13.3. The summed E-state index contributed by atoms with van der Waals surface area (Å²) < 4.78 is 35.7. The van der Waals surface area contributed by atoms with E-state index >= 15 is 0 Å². The third-order valence-electron chi connectivity index (χ3n) is 5.59. The van der Waals surface area contributed by atoms with Gasteiger partial charge in [-0.1, -0.05) is 35.4 Å². The van der Waals surface area contributed by atoms with Gasteiger partial charge in [0, 0.05) is 30.2 Å². The quantitative estimate of drug-likeness (QED) is 0.146. The molecule has 194 valence electrons. The molecule has 5 unspecified atom stereocenters. The molecule has 0 aliphatic carbocycles. The number of methoxy groups -OCH3 is 1. The number of aryl methyl sites for hydroxylation is 1. The van der Waals surface area contributed by atoms with Gasteiger partial charge < -0.3 is 14.0 Å². The Hall–Kier alpha value is -3.25. The summed E-state index contributed by atoms with van der Waals surface area (Å²) in [6.07, 6.45) is -0.169. The number of H-pyrrole nitrogens is 1. The summed E-state index contributed by atoms with van der Waals surface area (Å²) in [5, 5.41) is 6.30. The molecule has 1 aliphatic heterocycles. The van der Waals surface area contributed by atoms with E-state index in [-0.39, 0.29) is 19.4 Å². The summed E-state index contributed by atoms with van der Waals surface area (Å²) in [6, 6.07) is 7.21. The van der Waals surface area contributed by atoms with E-state index in [4.69, 9.17) is 24.1 Å². The van der Waals surface area contributed by atoms with Crippen LogP contribution >= 0.6 is 7.75 Å². The number of carbonyl (C=O) groups is 1. The molecular weight excluding hydrogens is 495 g/mol. The first-order valence-electron chi connectivity index (χ1n) is 10.9. The number of carbonyl (C=O) groups excluding carboxylic acids is 1. The first-order valence-corrected chi connectivity index (χ1v) is 12.5. The molecule has 0 bridgehead atoms. The summed E-state index contributed by atoms with van der Waals surface area (Å²) in [6.45, 7) is 1.18. The van der Waals surface area contributed by atoms with E-state index < -0.39 is 49.4 Å². The van der Waals surface area contributed by atoms with Crippen LogP contribution in [0.15, 0.2) is 51.2 Å². The molecule has 2 aromatic rings.